The maximum Gasteiger partial charge on any atom is 0.490 e. The van der Waals surface area contributed by atoms with Gasteiger partial charge in [0, 0.05) is 0 Å². The van der Waals surface area contributed by atoms with Gasteiger partial charge in [0.1, 0.15) is 6.04 Å². The Morgan fingerprint density at radius 2 is 1.69 bits per heavy atom. The van der Waals surface area contributed by atoms with E-state index in [-0.39, 0.29) is 6.04 Å². The molecule has 0 spiro atoms. The second kappa shape index (κ2) is 6.31. The predicted octanol–water partition coefficient (Wildman–Crippen LogP) is 0.846. The molecule has 0 aromatic carbocycles. The van der Waals surface area contributed by atoms with Crippen LogP contribution < -0.4 is 5.32 Å². The maximum atomic E-state index is 10.6. The Bertz CT molecular complexity index is 248. The van der Waals surface area contributed by atoms with E-state index in [0.717, 1.165) is 25.8 Å². The zero-order valence-electron chi connectivity index (χ0n) is 8.25. The van der Waals surface area contributed by atoms with Crippen molar-refractivity contribution in [3.05, 3.63) is 0 Å². The molecule has 0 unspecified atom stereocenters. The summed E-state index contributed by atoms with van der Waals surface area (Å²) < 4.78 is 31.7. The molecule has 1 aliphatic heterocycles. The second-order valence-electron chi connectivity index (χ2n) is 3.14. The minimum Gasteiger partial charge on any atom is -0.480 e. The molecule has 94 valence electrons. The first-order chi connectivity index (χ1) is 7.25. The van der Waals surface area contributed by atoms with Crippen LogP contribution in [-0.2, 0) is 9.59 Å². The lowest BCUT2D eigenvalue weighted by molar-refractivity contribution is -0.192. The summed E-state index contributed by atoms with van der Waals surface area (Å²) in [5.41, 5.74) is 0. The van der Waals surface area contributed by atoms with Crippen LogP contribution in [0.1, 0.15) is 19.3 Å². The summed E-state index contributed by atoms with van der Waals surface area (Å²) in [6, 6.07) is -0.279. The van der Waals surface area contributed by atoms with Crippen LogP contribution in [0.15, 0.2) is 0 Å². The molecule has 8 heteroatoms. The van der Waals surface area contributed by atoms with Crippen molar-refractivity contribution in [1.29, 1.82) is 0 Å². The van der Waals surface area contributed by atoms with Gasteiger partial charge in [-0.2, -0.15) is 13.2 Å². The summed E-state index contributed by atoms with van der Waals surface area (Å²) in [7, 11) is 0. The SMILES string of the molecule is O=C(O)C(F)(F)F.O=C(O)[C@@H]1CCCCN1. The summed E-state index contributed by atoms with van der Waals surface area (Å²) in [5.74, 6) is -3.47. The van der Waals surface area contributed by atoms with E-state index in [9.17, 15) is 18.0 Å². The third kappa shape index (κ3) is 6.23. The minimum atomic E-state index is -5.08. The third-order valence-corrected chi connectivity index (χ3v) is 1.85. The van der Waals surface area contributed by atoms with Gasteiger partial charge in [-0.3, -0.25) is 4.79 Å². The Balaban J connectivity index is 0.000000293. The quantitative estimate of drug-likeness (QED) is 0.635. The van der Waals surface area contributed by atoms with Crippen molar-refractivity contribution in [1.82, 2.24) is 5.32 Å². The second-order valence-corrected chi connectivity index (χ2v) is 3.14. The molecule has 1 atom stereocenters. The van der Waals surface area contributed by atoms with Crippen molar-refractivity contribution in [3.63, 3.8) is 0 Å². The number of carbonyl (C=O) groups is 2. The molecule has 5 nitrogen and oxygen atoms in total. The predicted molar refractivity (Wildman–Crippen MR) is 47.0 cm³/mol. The number of aliphatic carboxylic acids is 2. The first-order valence-electron chi connectivity index (χ1n) is 4.51. The molecular weight excluding hydrogens is 231 g/mol. The van der Waals surface area contributed by atoms with Crippen LogP contribution >= 0.6 is 0 Å². The van der Waals surface area contributed by atoms with Crippen LogP contribution in [0, 0.1) is 0 Å². The standard InChI is InChI=1S/C6H11NO2.C2HF3O2/c8-6(9)5-3-1-2-4-7-5;3-2(4,5)1(6)7/h5,7H,1-4H2,(H,8,9);(H,6,7)/t5-;/m0./s1. The number of rotatable bonds is 1. The van der Waals surface area contributed by atoms with Crippen LogP contribution in [-0.4, -0.2) is 40.9 Å². The molecule has 0 aromatic heterocycles. The smallest absolute Gasteiger partial charge is 0.480 e. The normalized spacial score (nSPS) is 20.6. The lowest BCUT2D eigenvalue weighted by atomic mass is 10.1. The number of alkyl halides is 3. The van der Waals surface area contributed by atoms with Crippen LogP contribution in [0.4, 0.5) is 13.2 Å². The van der Waals surface area contributed by atoms with Gasteiger partial charge >= 0.3 is 18.1 Å². The van der Waals surface area contributed by atoms with Gasteiger partial charge in [0.15, 0.2) is 0 Å². The zero-order chi connectivity index (χ0) is 12.8. The highest BCUT2D eigenvalue weighted by atomic mass is 19.4. The van der Waals surface area contributed by atoms with Crippen molar-refractivity contribution in [3.8, 4) is 0 Å². The average Bonchev–Trinajstić information content (AvgIpc) is 2.18. The molecule has 0 saturated carbocycles. The Kier molecular flexibility index (Phi) is 5.79. The number of hydrogen-bond acceptors (Lipinski definition) is 3. The van der Waals surface area contributed by atoms with Crippen LogP contribution in [0.2, 0.25) is 0 Å². The number of piperidine rings is 1. The molecule has 0 aromatic rings. The largest absolute Gasteiger partial charge is 0.490 e. The Morgan fingerprint density at radius 1 is 1.19 bits per heavy atom. The topological polar surface area (TPSA) is 86.6 Å². The molecule has 1 saturated heterocycles. The van der Waals surface area contributed by atoms with Crippen molar-refractivity contribution in [2.75, 3.05) is 6.54 Å². The van der Waals surface area contributed by atoms with Gasteiger partial charge < -0.3 is 15.5 Å². The Morgan fingerprint density at radius 3 is 1.88 bits per heavy atom. The monoisotopic (exact) mass is 243 g/mol. The maximum absolute atomic E-state index is 10.6. The number of hydrogen-bond donors (Lipinski definition) is 3. The van der Waals surface area contributed by atoms with Gasteiger partial charge in [-0.15, -0.1) is 0 Å². The van der Waals surface area contributed by atoms with Crippen molar-refractivity contribution < 1.29 is 33.0 Å². The molecule has 0 radical (unpaired) electrons. The van der Waals surface area contributed by atoms with E-state index in [1.165, 1.54) is 0 Å². The van der Waals surface area contributed by atoms with E-state index in [0.29, 0.717) is 0 Å². The highest BCUT2D eigenvalue weighted by Crippen LogP contribution is 2.13. The van der Waals surface area contributed by atoms with Crippen molar-refractivity contribution in [2.45, 2.75) is 31.5 Å². The molecule has 1 aliphatic rings. The third-order valence-electron chi connectivity index (χ3n) is 1.85. The molecule has 0 bridgehead atoms. The summed E-state index contributed by atoms with van der Waals surface area (Å²) in [6.07, 6.45) is -2.14. The van der Waals surface area contributed by atoms with E-state index >= 15 is 0 Å². The molecule has 0 aliphatic carbocycles. The van der Waals surface area contributed by atoms with Crippen LogP contribution in [0.3, 0.4) is 0 Å². The number of halogens is 3. The fraction of sp³-hybridized carbons (Fsp3) is 0.750. The van der Waals surface area contributed by atoms with Crippen LogP contribution in [0.5, 0.6) is 0 Å². The van der Waals surface area contributed by atoms with Gasteiger partial charge in [0.2, 0.25) is 0 Å². The molecule has 1 rings (SSSR count). The first kappa shape index (κ1) is 14.7. The molecule has 0 amide bonds. The summed E-state index contributed by atoms with van der Waals surface area (Å²) in [5, 5.41) is 18.5. The van der Waals surface area contributed by atoms with Crippen molar-refractivity contribution >= 4 is 11.9 Å². The lowest BCUT2D eigenvalue weighted by Gasteiger charge is -2.18. The van der Waals surface area contributed by atoms with E-state index in [1.807, 2.05) is 0 Å². The summed E-state index contributed by atoms with van der Waals surface area (Å²) >= 11 is 0. The van der Waals surface area contributed by atoms with E-state index < -0.39 is 18.1 Å². The zero-order valence-corrected chi connectivity index (χ0v) is 8.25. The molecular formula is C8H12F3NO4. The summed E-state index contributed by atoms with van der Waals surface area (Å²) in [6.45, 7) is 0.858. The molecule has 16 heavy (non-hydrogen) atoms. The fourth-order valence-corrected chi connectivity index (χ4v) is 1.06. The van der Waals surface area contributed by atoms with E-state index in [4.69, 9.17) is 15.0 Å². The number of nitrogens with one attached hydrogen (secondary N) is 1. The Labute approximate surface area is 89.3 Å². The average molecular weight is 243 g/mol. The highest BCUT2D eigenvalue weighted by Gasteiger charge is 2.38. The lowest BCUT2D eigenvalue weighted by Crippen LogP contribution is -2.40. The van der Waals surface area contributed by atoms with E-state index in [1.54, 1.807) is 0 Å². The fourth-order valence-electron chi connectivity index (χ4n) is 1.06. The number of carboxylic acid groups (broad SMARTS) is 2. The molecule has 1 heterocycles. The van der Waals surface area contributed by atoms with Gasteiger partial charge in [-0.05, 0) is 19.4 Å². The van der Waals surface area contributed by atoms with Gasteiger partial charge in [0.05, 0.1) is 0 Å². The van der Waals surface area contributed by atoms with Gasteiger partial charge in [-0.25, -0.2) is 4.79 Å². The number of carboxylic acids is 2. The van der Waals surface area contributed by atoms with Crippen LogP contribution in [0.25, 0.3) is 0 Å². The van der Waals surface area contributed by atoms with Gasteiger partial charge in [0.25, 0.3) is 0 Å². The van der Waals surface area contributed by atoms with Gasteiger partial charge in [-0.1, -0.05) is 6.42 Å². The molecule has 3 N–H and O–H groups in total. The van der Waals surface area contributed by atoms with Crippen molar-refractivity contribution in [2.24, 2.45) is 0 Å². The summed E-state index contributed by atoms with van der Waals surface area (Å²) in [4.78, 5) is 19.2. The Hall–Kier alpha value is -1.31. The molecule has 1 fully saturated rings. The minimum absolute atomic E-state index is 0.279. The first-order valence-corrected chi connectivity index (χ1v) is 4.51. The highest BCUT2D eigenvalue weighted by molar-refractivity contribution is 5.73. The van der Waals surface area contributed by atoms with E-state index in [2.05, 4.69) is 5.32 Å².